The summed E-state index contributed by atoms with van der Waals surface area (Å²) in [7, 11) is 3.82. The molecule has 0 aliphatic carbocycles. The van der Waals surface area contributed by atoms with Crippen LogP contribution < -0.4 is 9.80 Å². The van der Waals surface area contributed by atoms with Crippen molar-refractivity contribution in [1.29, 1.82) is 0 Å². The Labute approximate surface area is 179 Å². The van der Waals surface area contributed by atoms with E-state index in [9.17, 15) is 19.5 Å². The molecule has 0 saturated carbocycles. The second kappa shape index (κ2) is 8.24. The van der Waals surface area contributed by atoms with Crippen molar-refractivity contribution in [2.45, 2.75) is 13.8 Å². The van der Waals surface area contributed by atoms with Gasteiger partial charge in [0.15, 0.2) is 0 Å². The normalized spacial score (nSPS) is 15.3. The molecule has 0 saturated heterocycles. The average molecular weight is 416 g/mol. The molecule has 0 unspecified atom stereocenters. The topological polar surface area (TPSA) is 94.6 Å². The number of nitrogens with zero attached hydrogens (tertiary/aromatic N) is 4. The standard InChI is InChI=1S/C23H20N4O4/c1-13-11-16(26(4)5)9-10-18(13)25-20-14(2)19(24-3)21(28)27(22(20)29)17-8-6-7-15(12-17)23(30)31/h6-12H,1-2,4-5H3,(H,30,31). The molecule has 0 aromatic heterocycles. The van der Waals surface area contributed by atoms with Crippen molar-refractivity contribution in [3.05, 3.63) is 76.3 Å². The molecule has 2 aromatic rings. The van der Waals surface area contributed by atoms with Crippen molar-refractivity contribution >= 4 is 40.6 Å². The van der Waals surface area contributed by atoms with Crippen molar-refractivity contribution in [3.8, 4) is 0 Å². The van der Waals surface area contributed by atoms with Crippen LogP contribution in [0, 0.1) is 13.5 Å². The number of carbonyl (C=O) groups is 3. The average Bonchev–Trinajstić information content (AvgIpc) is 2.72. The van der Waals surface area contributed by atoms with Crippen LogP contribution >= 0.6 is 0 Å². The van der Waals surface area contributed by atoms with Gasteiger partial charge in [0.05, 0.1) is 23.5 Å². The third-order valence-electron chi connectivity index (χ3n) is 4.91. The maximum Gasteiger partial charge on any atom is 0.335 e. The number of rotatable bonds is 4. The first kappa shape index (κ1) is 21.5. The predicted molar refractivity (Wildman–Crippen MR) is 118 cm³/mol. The zero-order valence-corrected chi connectivity index (χ0v) is 17.5. The summed E-state index contributed by atoms with van der Waals surface area (Å²) in [6, 6.07) is 11.0. The van der Waals surface area contributed by atoms with Crippen LogP contribution in [0.1, 0.15) is 22.8 Å². The SMILES string of the molecule is [C-]#[N+]C1=C(C)C(=Nc2ccc(N(C)C)cc2C)C(=O)N(c2cccc(C(=O)O)c2)C1=O. The van der Waals surface area contributed by atoms with Crippen LogP contribution in [0.15, 0.2) is 58.7 Å². The van der Waals surface area contributed by atoms with Gasteiger partial charge in [-0.15, -0.1) is 0 Å². The number of anilines is 2. The molecule has 1 aliphatic rings. The highest BCUT2D eigenvalue weighted by Crippen LogP contribution is 2.30. The molecule has 2 amide bonds. The van der Waals surface area contributed by atoms with Gasteiger partial charge in [-0.3, -0.25) is 14.5 Å². The second-order valence-electron chi connectivity index (χ2n) is 7.21. The smallest absolute Gasteiger partial charge is 0.335 e. The lowest BCUT2D eigenvalue weighted by atomic mass is 10.0. The summed E-state index contributed by atoms with van der Waals surface area (Å²) < 4.78 is 0. The number of amides is 2. The molecule has 0 bridgehead atoms. The lowest BCUT2D eigenvalue weighted by molar-refractivity contribution is -0.121. The predicted octanol–water partition coefficient (Wildman–Crippen LogP) is 3.60. The van der Waals surface area contributed by atoms with E-state index in [1.807, 2.05) is 38.1 Å². The third-order valence-corrected chi connectivity index (χ3v) is 4.91. The third kappa shape index (κ3) is 3.94. The van der Waals surface area contributed by atoms with Crippen molar-refractivity contribution in [1.82, 2.24) is 0 Å². The molecule has 8 heteroatoms. The molecule has 156 valence electrons. The molecule has 1 aliphatic heterocycles. The van der Waals surface area contributed by atoms with Crippen LogP contribution in [0.25, 0.3) is 4.85 Å². The number of aromatic carboxylic acids is 1. The van der Waals surface area contributed by atoms with Crippen LogP contribution in [0.3, 0.4) is 0 Å². The van der Waals surface area contributed by atoms with Gasteiger partial charge in [-0.1, -0.05) is 6.07 Å². The van der Waals surface area contributed by atoms with E-state index in [-0.39, 0.29) is 28.2 Å². The lowest BCUT2D eigenvalue weighted by Crippen LogP contribution is -2.46. The minimum absolute atomic E-state index is 0.0352. The maximum atomic E-state index is 13.3. The van der Waals surface area contributed by atoms with Crippen LogP contribution in [-0.2, 0) is 9.59 Å². The van der Waals surface area contributed by atoms with Crippen molar-refractivity contribution in [2.24, 2.45) is 4.99 Å². The molecule has 0 radical (unpaired) electrons. The molecule has 1 heterocycles. The van der Waals surface area contributed by atoms with Crippen LogP contribution in [-0.4, -0.2) is 42.7 Å². The van der Waals surface area contributed by atoms with Gasteiger partial charge >= 0.3 is 5.97 Å². The first-order valence-electron chi connectivity index (χ1n) is 9.33. The summed E-state index contributed by atoms with van der Waals surface area (Å²) in [4.78, 5) is 48.0. The summed E-state index contributed by atoms with van der Waals surface area (Å²) in [5, 5.41) is 9.25. The first-order chi connectivity index (χ1) is 14.6. The Morgan fingerprint density at radius 3 is 2.39 bits per heavy atom. The quantitative estimate of drug-likeness (QED) is 0.607. The van der Waals surface area contributed by atoms with Gasteiger partial charge in [-0.2, -0.15) is 0 Å². The Bertz CT molecular complexity index is 1220. The van der Waals surface area contributed by atoms with Gasteiger partial charge < -0.3 is 10.0 Å². The summed E-state index contributed by atoms with van der Waals surface area (Å²) in [6.07, 6.45) is 0. The molecular weight excluding hydrogens is 396 g/mol. The summed E-state index contributed by atoms with van der Waals surface area (Å²) in [5.74, 6) is -2.71. The maximum absolute atomic E-state index is 13.3. The van der Waals surface area contributed by atoms with Gasteiger partial charge in [0.1, 0.15) is 5.71 Å². The van der Waals surface area contributed by atoms with E-state index in [1.165, 1.54) is 31.2 Å². The number of carboxylic acid groups (broad SMARTS) is 1. The number of carbonyl (C=O) groups excluding carboxylic acids is 2. The van der Waals surface area contributed by atoms with E-state index in [4.69, 9.17) is 6.57 Å². The molecule has 0 fully saturated rings. The van der Waals surface area contributed by atoms with Gasteiger partial charge in [0.2, 0.25) is 0 Å². The van der Waals surface area contributed by atoms with E-state index in [1.54, 1.807) is 6.07 Å². The Morgan fingerprint density at radius 2 is 1.81 bits per heavy atom. The van der Waals surface area contributed by atoms with Gasteiger partial charge in [-0.25, -0.2) is 14.6 Å². The lowest BCUT2D eigenvalue weighted by Gasteiger charge is -2.27. The fourth-order valence-electron chi connectivity index (χ4n) is 3.18. The molecule has 31 heavy (non-hydrogen) atoms. The highest BCUT2D eigenvalue weighted by molar-refractivity contribution is 6.57. The van der Waals surface area contributed by atoms with Gasteiger partial charge in [0.25, 0.3) is 17.5 Å². The Balaban J connectivity index is 2.16. The number of hydrogen-bond donors (Lipinski definition) is 1. The van der Waals surface area contributed by atoms with Crippen molar-refractivity contribution < 1.29 is 19.5 Å². The van der Waals surface area contributed by atoms with E-state index in [0.29, 0.717) is 5.69 Å². The number of hydrogen-bond acceptors (Lipinski definition) is 5. The summed E-state index contributed by atoms with van der Waals surface area (Å²) in [6.45, 7) is 10.8. The number of aryl methyl sites for hydroxylation is 1. The first-order valence-corrected chi connectivity index (χ1v) is 9.33. The van der Waals surface area contributed by atoms with Crippen LogP contribution in [0.4, 0.5) is 17.1 Å². The molecule has 2 aromatic carbocycles. The fourth-order valence-corrected chi connectivity index (χ4v) is 3.18. The van der Waals surface area contributed by atoms with Gasteiger partial charge in [-0.05, 0) is 61.4 Å². The second-order valence-corrected chi connectivity index (χ2v) is 7.21. The molecule has 8 nitrogen and oxygen atoms in total. The zero-order valence-electron chi connectivity index (χ0n) is 17.5. The molecule has 0 atom stereocenters. The largest absolute Gasteiger partial charge is 0.478 e. The van der Waals surface area contributed by atoms with Crippen molar-refractivity contribution in [2.75, 3.05) is 23.9 Å². The number of carboxylic acids is 1. The van der Waals surface area contributed by atoms with E-state index < -0.39 is 17.8 Å². The number of aliphatic imine (C=N–C) groups is 1. The van der Waals surface area contributed by atoms with E-state index >= 15 is 0 Å². The summed E-state index contributed by atoms with van der Waals surface area (Å²) >= 11 is 0. The highest BCUT2D eigenvalue weighted by atomic mass is 16.4. The summed E-state index contributed by atoms with van der Waals surface area (Å²) in [5.41, 5.74) is 2.22. The zero-order chi connectivity index (χ0) is 22.9. The van der Waals surface area contributed by atoms with Gasteiger partial charge in [0, 0.05) is 19.8 Å². The fraction of sp³-hybridized carbons (Fsp3) is 0.174. The number of benzene rings is 2. The molecular formula is C23H20N4O4. The van der Waals surface area contributed by atoms with Crippen molar-refractivity contribution in [3.63, 3.8) is 0 Å². The number of imide groups is 1. The Hall–Kier alpha value is -4.25. The van der Waals surface area contributed by atoms with Crippen LogP contribution in [0.2, 0.25) is 0 Å². The Morgan fingerprint density at radius 1 is 1.10 bits per heavy atom. The minimum Gasteiger partial charge on any atom is -0.478 e. The highest BCUT2D eigenvalue weighted by Gasteiger charge is 2.38. The monoisotopic (exact) mass is 416 g/mol. The van der Waals surface area contributed by atoms with E-state index in [2.05, 4.69) is 9.84 Å². The minimum atomic E-state index is -1.19. The van der Waals surface area contributed by atoms with Crippen LogP contribution in [0.5, 0.6) is 0 Å². The molecule has 3 rings (SSSR count). The molecule has 0 spiro atoms. The van der Waals surface area contributed by atoms with E-state index in [0.717, 1.165) is 16.2 Å². The molecule has 1 N–H and O–H groups in total. The Kier molecular flexibility index (Phi) is 5.70.